The number of amides is 1. The van der Waals surface area contributed by atoms with Gasteiger partial charge in [-0.3, -0.25) is 9.59 Å². The van der Waals surface area contributed by atoms with Gasteiger partial charge in [0.2, 0.25) is 5.91 Å². The van der Waals surface area contributed by atoms with Crippen molar-refractivity contribution < 1.29 is 19.1 Å². The maximum Gasteiger partial charge on any atom is 0.377 e. The molecule has 1 amide bonds. The molecule has 0 spiro atoms. The number of esters is 1. The molecule has 1 aliphatic carbocycles. The molecule has 1 rings (SSSR count). The fourth-order valence-corrected chi connectivity index (χ4v) is 2.65. The summed E-state index contributed by atoms with van der Waals surface area (Å²) < 4.78 is 4.92. The molecule has 0 radical (unpaired) electrons. The minimum atomic E-state index is -0.852. The van der Waals surface area contributed by atoms with E-state index in [1.807, 2.05) is 0 Å². The normalized spacial score (nSPS) is 17.6. The lowest BCUT2D eigenvalue weighted by Crippen LogP contribution is -2.45. The molecule has 0 aromatic carbocycles. The Hall–Kier alpha value is -1.39. The highest BCUT2D eigenvalue weighted by atomic mass is 16.5. The second-order valence-electron chi connectivity index (χ2n) is 5.81. The highest BCUT2D eigenvalue weighted by Crippen LogP contribution is 2.27. The zero-order valence-electron chi connectivity index (χ0n) is 12.6. The van der Waals surface area contributed by atoms with Crippen molar-refractivity contribution in [1.82, 2.24) is 5.32 Å². The Bertz CT molecular complexity index is 359. The van der Waals surface area contributed by atoms with E-state index in [0.29, 0.717) is 12.3 Å². The molecule has 1 saturated carbocycles. The van der Waals surface area contributed by atoms with Crippen LogP contribution >= 0.6 is 0 Å². The summed E-state index contributed by atoms with van der Waals surface area (Å²) in [5, 5.41) is 2.59. The lowest BCUT2D eigenvalue weighted by Gasteiger charge is -2.25. The Labute approximate surface area is 120 Å². The van der Waals surface area contributed by atoms with Gasteiger partial charge < -0.3 is 10.1 Å². The highest BCUT2D eigenvalue weighted by Gasteiger charge is 2.30. The number of hydrogen-bond acceptors (Lipinski definition) is 4. The van der Waals surface area contributed by atoms with Gasteiger partial charge in [0.1, 0.15) is 0 Å². The summed E-state index contributed by atoms with van der Waals surface area (Å²) >= 11 is 0. The van der Waals surface area contributed by atoms with Crippen LogP contribution < -0.4 is 5.32 Å². The number of rotatable bonds is 6. The van der Waals surface area contributed by atoms with E-state index in [0.717, 1.165) is 25.7 Å². The van der Waals surface area contributed by atoms with E-state index in [9.17, 15) is 14.4 Å². The highest BCUT2D eigenvalue weighted by molar-refractivity contribution is 6.36. The summed E-state index contributed by atoms with van der Waals surface area (Å²) in [5.74, 6) is -1.39. The Morgan fingerprint density at radius 1 is 1.15 bits per heavy atom. The fraction of sp³-hybridized carbons (Fsp3) is 0.800. The lowest BCUT2D eigenvalue weighted by molar-refractivity contribution is -0.158. The van der Waals surface area contributed by atoms with E-state index in [1.54, 1.807) is 13.8 Å². The van der Waals surface area contributed by atoms with Crippen LogP contribution in [0.5, 0.6) is 0 Å². The van der Waals surface area contributed by atoms with Gasteiger partial charge in [-0.2, -0.15) is 0 Å². The van der Waals surface area contributed by atoms with E-state index in [2.05, 4.69) is 5.32 Å². The fourth-order valence-electron chi connectivity index (χ4n) is 2.65. The van der Waals surface area contributed by atoms with Gasteiger partial charge >= 0.3 is 5.97 Å². The molecule has 114 valence electrons. The summed E-state index contributed by atoms with van der Waals surface area (Å²) in [5.41, 5.74) is 0. The lowest BCUT2D eigenvalue weighted by atomic mass is 9.84. The summed E-state index contributed by atoms with van der Waals surface area (Å²) in [6.07, 6.45) is 5.85. The number of Topliss-reactive ketones (excluding diaryl/α,β-unsaturated/α-hetero) is 1. The summed E-state index contributed by atoms with van der Waals surface area (Å²) in [7, 11) is 0. The van der Waals surface area contributed by atoms with E-state index in [1.165, 1.54) is 13.3 Å². The molecule has 0 saturated heterocycles. The molecule has 1 atom stereocenters. The van der Waals surface area contributed by atoms with Crippen LogP contribution in [0, 0.1) is 5.92 Å². The Balaban J connectivity index is 2.64. The largest absolute Gasteiger partial charge is 0.457 e. The molecule has 1 N–H and O–H groups in total. The molecule has 0 heterocycles. The van der Waals surface area contributed by atoms with Crippen molar-refractivity contribution in [2.45, 2.75) is 71.4 Å². The van der Waals surface area contributed by atoms with Crippen molar-refractivity contribution in [3.63, 3.8) is 0 Å². The molecular formula is C15H25NO4. The predicted molar refractivity (Wildman–Crippen MR) is 75.0 cm³/mol. The van der Waals surface area contributed by atoms with Gasteiger partial charge in [0.25, 0.3) is 5.78 Å². The second kappa shape index (κ2) is 8.02. The first-order valence-electron chi connectivity index (χ1n) is 7.42. The number of carbonyl (C=O) groups is 3. The minimum Gasteiger partial charge on any atom is -0.457 e. The van der Waals surface area contributed by atoms with Crippen molar-refractivity contribution in [2.75, 3.05) is 0 Å². The number of ketones is 1. The zero-order valence-corrected chi connectivity index (χ0v) is 12.6. The van der Waals surface area contributed by atoms with Gasteiger partial charge in [0.15, 0.2) is 0 Å². The quantitative estimate of drug-likeness (QED) is 0.597. The Morgan fingerprint density at radius 3 is 2.25 bits per heavy atom. The third-order valence-corrected chi connectivity index (χ3v) is 3.53. The van der Waals surface area contributed by atoms with Crippen LogP contribution in [0.1, 0.15) is 59.3 Å². The third kappa shape index (κ3) is 5.72. The summed E-state index contributed by atoms with van der Waals surface area (Å²) in [4.78, 5) is 35.0. The molecule has 0 aliphatic heterocycles. The molecule has 5 nitrogen and oxygen atoms in total. The van der Waals surface area contributed by atoms with Crippen molar-refractivity contribution >= 4 is 17.7 Å². The Kier molecular flexibility index (Phi) is 6.68. The maximum atomic E-state index is 12.1. The van der Waals surface area contributed by atoms with E-state index < -0.39 is 17.8 Å². The van der Waals surface area contributed by atoms with Crippen LogP contribution in [0.2, 0.25) is 0 Å². The molecule has 1 fully saturated rings. The maximum absolute atomic E-state index is 12.1. The summed E-state index contributed by atoms with van der Waals surface area (Å²) in [6.45, 7) is 4.74. The number of hydrogen-bond donors (Lipinski definition) is 1. The Morgan fingerprint density at radius 2 is 1.75 bits per heavy atom. The molecule has 1 aliphatic rings. The average Bonchev–Trinajstić information content (AvgIpc) is 2.37. The first kappa shape index (κ1) is 16.7. The van der Waals surface area contributed by atoms with Gasteiger partial charge in [0, 0.05) is 6.92 Å². The van der Waals surface area contributed by atoms with Crippen molar-refractivity contribution in [1.29, 1.82) is 0 Å². The molecule has 0 bridgehead atoms. The van der Waals surface area contributed by atoms with Gasteiger partial charge in [-0.15, -0.1) is 0 Å². The van der Waals surface area contributed by atoms with Crippen molar-refractivity contribution in [2.24, 2.45) is 5.92 Å². The molecule has 0 aromatic rings. The van der Waals surface area contributed by atoms with E-state index >= 15 is 0 Å². The van der Waals surface area contributed by atoms with Crippen LogP contribution in [0.3, 0.4) is 0 Å². The monoisotopic (exact) mass is 283 g/mol. The van der Waals surface area contributed by atoms with Gasteiger partial charge in [-0.25, -0.2) is 4.79 Å². The molecule has 20 heavy (non-hydrogen) atoms. The standard InChI is InChI=1S/C15H25NO4/c1-10(2)20-15(19)14(18)13(16-11(3)17)9-12-7-5-4-6-8-12/h10,12-13H,4-9H2,1-3H3,(H,16,17)/t13-/m0/s1. The topological polar surface area (TPSA) is 72.5 Å². The first-order valence-corrected chi connectivity index (χ1v) is 7.42. The molecular weight excluding hydrogens is 258 g/mol. The first-order chi connectivity index (χ1) is 9.40. The van der Waals surface area contributed by atoms with Crippen LogP contribution in [-0.2, 0) is 19.1 Å². The SMILES string of the molecule is CC(=O)N[C@@H](CC1CCCCC1)C(=O)C(=O)OC(C)C. The van der Waals surface area contributed by atoms with Gasteiger partial charge in [-0.05, 0) is 26.2 Å². The van der Waals surface area contributed by atoms with Crippen molar-refractivity contribution in [3.8, 4) is 0 Å². The van der Waals surface area contributed by atoms with Crippen molar-refractivity contribution in [3.05, 3.63) is 0 Å². The summed E-state index contributed by atoms with van der Waals surface area (Å²) in [6, 6.07) is -0.748. The van der Waals surface area contributed by atoms with E-state index in [-0.39, 0.29) is 12.0 Å². The van der Waals surface area contributed by atoms with Gasteiger partial charge in [-0.1, -0.05) is 32.1 Å². The zero-order chi connectivity index (χ0) is 15.1. The third-order valence-electron chi connectivity index (χ3n) is 3.53. The number of nitrogens with one attached hydrogen (secondary N) is 1. The molecule has 0 aromatic heterocycles. The van der Waals surface area contributed by atoms with Crippen LogP contribution in [0.25, 0.3) is 0 Å². The van der Waals surface area contributed by atoms with Gasteiger partial charge in [0.05, 0.1) is 12.1 Å². The molecule has 0 unspecified atom stereocenters. The number of carbonyl (C=O) groups excluding carboxylic acids is 3. The molecule has 5 heteroatoms. The predicted octanol–water partition coefficient (Wildman–Crippen LogP) is 1.98. The number of ether oxygens (including phenoxy) is 1. The van der Waals surface area contributed by atoms with Crippen LogP contribution in [0.15, 0.2) is 0 Å². The van der Waals surface area contributed by atoms with E-state index in [4.69, 9.17) is 4.74 Å². The second-order valence-corrected chi connectivity index (χ2v) is 5.81. The van der Waals surface area contributed by atoms with Crippen LogP contribution in [-0.4, -0.2) is 29.8 Å². The van der Waals surface area contributed by atoms with Crippen LogP contribution in [0.4, 0.5) is 0 Å². The minimum absolute atomic E-state index is 0.295. The average molecular weight is 283 g/mol. The smallest absolute Gasteiger partial charge is 0.377 e.